The summed E-state index contributed by atoms with van der Waals surface area (Å²) >= 11 is 0. The Balaban J connectivity index is 0.875. The highest BCUT2D eigenvalue weighted by atomic mass is 32.2. The Kier molecular flexibility index (Phi) is 15.7. The maximum atomic E-state index is 13.7. The number of aliphatic hydroxyl groups excluding tert-OH is 6. The molecule has 0 spiro atoms. The zero-order valence-corrected chi connectivity index (χ0v) is 34.4. The predicted molar refractivity (Wildman–Crippen MR) is 211 cm³/mol. The van der Waals surface area contributed by atoms with Crippen molar-refractivity contribution in [3.63, 3.8) is 0 Å². The van der Waals surface area contributed by atoms with Crippen LogP contribution >= 0.6 is 0 Å². The second-order valence-electron chi connectivity index (χ2n) is 18.7. The summed E-state index contributed by atoms with van der Waals surface area (Å²) in [5.41, 5.74) is 0.860. The van der Waals surface area contributed by atoms with E-state index in [0.29, 0.717) is 12.2 Å². The van der Waals surface area contributed by atoms with Crippen molar-refractivity contribution in [2.45, 2.75) is 197 Å². The van der Waals surface area contributed by atoms with Crippen LogP contribution in [0.3, 0.4) is 0 Å². The SMILES string of the molecule is CCCCCCCCCCCCCC[C@@H](O)[C@@H](O)[C@H](COC1OC(CO)C(O)C(O)C1O)N=S(C)(=O)CCCCCCCCCCC12C3C4C5C3C1C5C42. The number of hydrogen-bond donors (Lipinski definition) is 6. The molecule has 0 radical (unpaired) electrons. The summed E-state index contributed by atoms with van der Waals surface area (Å²) in [5.74, 6) is 8.67. The minimum atomic E-state index is -2.73. The van der Waals surface area contributed by atoms with E-state index in [9.17, 15) is 34.8 Å². The fraction of sp³-hybridized carbons (Fsp3) is 1.00. The third-order valence-electron chi connectivity index (χ3n) is 15.3. The Morgan fingerprint density at radius 3 is 1.72 bits per heavy atom. The van der Waals surface area contributed by atoms with Gasteiger partial charge in [-0.05, 0) is 66.1 Å². The van der Waals surface area contributed by atoms with E-state index < -0.39 is 65.3 Å². The third kappa shape index (κ3) is 8.80. The Labute approximate surface area is 326 Å². The highest BCUT2D eigenvalue weighted by molar-refractivity contribution is 7.92. The summed E-state index contributed by atoms with van der Waals surface area (Å²) in [6.45, 7) is 1.32. The predicted octanol–water partition coefficient (Wildman–Crippen LogP) is 5.96. The van der Waals surface area contributed by atoms with Crippen LogP contribution in [0, 0.1) is 46.8 Å². The van der Waals surface area contributed by atoms with Gasteiger partial charge >= 0.3 is 0 Å². The van der Waals surface area contributed by atoms with Crippen LogP contribution < -0.4 is 0 Å². The number of rotatable bonds is 31. The van der Waals surface area contributed by atoms with Gasteiger partial charge in [0.15, 0.2) is 6.29 Å². The molecule has 10 nitrogen and oxygen atoms in total. The second-order valence-corrected chi connectivity index (χ2v) is 21.2. The van der Waals surface area contributed by atoms with Crippen LogP contribution in [0.4, 0.5) is 0 Å². The molecule has 54 heavy (non-hydrogen) atoms. The van der Waals surface area contributed by atoms with E-state index in [2.05, 4.69) is 11.3 Å². The van der Waals surface area contributed by atoms with Crippen LogP contribution in [0.1, 0.15) is 148 Å². The van der Waals surface area contributed by atoms with Gasteiger partial charge in [-0.1, -0.05) is 129 Å². The Morgan fingerprint density at radius 1 is 0.685 bits per heavy atom. The monoisotopic (exact) mass is 784 g/mol. The highest BCUT2D eigenvalue weighted by Crippen LogP contribution is 3.06. The third-order valence-corrected chi connectivity index (χ3v) is 17.1. The van der Waals surface area contributed by atoms with E-state index in [0.717, 1.165) is 43.9 Å². The van der Waals surface area contributed by atoms with Gasteiger partial charge in [0, 0.05) is 21.7 Å². The molecule has 7 aliphatic rings. The van der Waals surface area contributed by atoms with Gasteiger partial charge < -0.3 is 40.1 Å². The zero-order valence-electron chi connectivity index (χ0n) is 33.6. The van der Waals surface area contributed by atoms with Gasteiger partial charge in [-0.3, -0.25) is 4.21 Å². The van der Waals surface area contributed by atoms with E-state index in [1.807, 2.05) is 0 Å². The normalized spacial score (nSPS) is 39.2. The molecule has 0 aromatic heterocycles. The van der Waals surface area contributed by atoms with Gasteiger partial charge in [-0.25, -0.2) is 4.36 Å². The summed E-state index contributed by atoms with van der Waals surface area (Å²) in [6, 6.07) is -1.06. The van der Waals surface area contributed by atoms with Crippen molar-refractivity contribution in [1.82, 2.24) is 0 Å². The molecule has 314 valence electrons. The minimum Gasteiger partial charge on any atom is -0.394 e. The summed E-state index contributed by atoms with van der Waals surface area (Å²) in [6.07, 6.45) is 17.5. The average molecular weight is 784 g/mol. The molecule has 7 fully saturated rings. The minimum absolute atomic E-state index is 0.324. The topological polar surface area (TPSA) is 169 Å². The van der Waals surface area contributed by atoms with Gasteiger partial charge in [0.25, 0.3) is 0 Å². The van der Waals surface area contributed by atoms with Gasteiger partial charge in [-0.2, -0.15) is 0 Å². The molecular formula is C43H77NO9S. The molecule has 0 amide bonds. The Bertz CT molecular complexity index is 1220. The molecule has 7 rings (SSSR count). The molecule has 1 saturated heterocycles. The summed E-state index contributed by atoms with van der Waals surface area (Å²) in [5, 5.41) is 62.7. The Hall–Kier alpha value is -0.370. The standard InChI is InChI=1S/C43H77NO9S/c1-3-4-5-6-7-8-9-10-11-14-17-20-23-29(46)38(47)28(27-52-42-41(50)40(49)39(48)30(26-45)53-42)44-54(2,51)25-22-19-16-13-12-15-18-21-24-43-35-32-31-33(35)37(43)34(31)36(32)43/h28-42,45-50H,3-27H2,1-2H3/t28-,29+,30?,31?,32?,33?,34?,35?,36?,37?,38-,39?,40?,41?,42?,43?,54?/m0/s1. The van der Waals surface area contributed by atoms with Crippen molar-refractivity contribution >= 4 is 9.73 Å². The molecule has 1 heterocycles. The maximum Gasteiger partial charge on any atom is 0.186 e. The molecule has 11 heteroatoms. The number of unbranched alkanes of at least 4 members (excludes halogenated alkanes) is 18. The fourth-order valence-electron chi connectivity index (χ4n) is 12.6. The van der Waals surface area contributed by atoms with E-state index in [-0.39, 0.29) is 6.61 Å². The van der Waals surface area contributed by atoms with Crippen LogP contribution in [0.2, 0.25) is 0 Å². The lowest BCUT2D eigenvalue weighted by Gasteiger charge is -3.08. The van der Waals surface area contributed by atoms with Crippen LogP contribution in [-0.2, 0) is 19.2 Å². The first-order valence-electron chi connectivity index (χ1n) is 22.6. The largest absolute Gasteiger partial charge is 0.394 e. The van der Waals surface area contributed by atoms with Crippen LogP contribution in [0.5, 0.6) is 0 Å². The second kappa shape index (κ2) is 19.6. The van der Waals surface area contributed by atoms with Crippen molar-refractivity contribution in [2.24, 2.45) is 51.2 Å². The molecule has 6 saturated carbocycles. The number of nitrogens with zero attached hydrogens (tertiary/aromatic N) is 1. The van der Waals surface area contributed by atoms with Gasteiger partial charge in [-0.15, -0.1) is 0 Å². The van der Waals surface area contributed by atoms with Crippen molar-refractivity contribution in [3.05, 3.63) is 0 Å². The molecule has 0 bridgehead atoms. The van der Waals surface area contributed by atoms with Crippen molar-refractivity contribution < 1.29 is 44.3 Å². The molecule has 9 atom stereocenters. The molecule has 6 aliphatic carbocycles. The molecule has 1 aliphatic heterocycles. The average Bonchev–Trinajstić information content (AvgIpc) is 3.17. The first-order valence-corrected chi connectivity index (χ1v) is 24.7. The zero-order chi connectivity index (χ0) is 38.5. The molecule has 0 aromatic carbocycles. The van der Waals surface area contributed by atoms with Crippen LogP contribution in [-0.4, -0.2) is 109 Å². The lowest BCUT2D eigenvalue weighted by Crippen LogP contribution is -3.05. The van der Waals surface area contributed by atoms with Gasteiger partial charge in [0.2, 0.25) is 0 Å². The quantitative estimate of drug-likeness (QED) is 0.0465. The molecular weight excluding hydrogens is 707 g/mol. The van der Waals surface area contributed by atoms with Crippen molar-refractivity contribution in [2.75, 3.05) is 25.2 Å². The van der Waals surface area contributed by atoms with E-state index >= 15 is 0 Å². The molecule has 0 aromatic rings. The van der Waals surface area contributed by atoms with E-state index in [1.54, 1.807) is 6.26 Å². The van der Waals surface area contributed by atoms with Gasteiger partial charge in [0.05, 0.1) is 19.3 Å². The van der Waals surface area contributed by atoms with E-state index in [1.165, 1.54) is 138 Å². The number of hydrogen-bond acceptors (Lipinski definition) is 10. The van der Waals surface area contributed by atoms with Gasteiger partial charge in [0.1, 0.15) is 36.6 Å². The maximum absolute atomic E-state index is 13.7. The van der Waals surface area contributed by atoms with Crippen LogP contribution in [0.15, 0.2) is 4.36 Å². The first-order chi connectivity index (χ1) is 26.1. The summed E-state index contributed by atoms with van der Waals surface area (Å²) in [7, 11) is -2.73. The fourth-order valence-corrected chi connectivity index (χ4v) is 14.2. The molecule has 6 N–H and O–H groups in total. The number of ether oxygens (including phenoxy) is 2. The molecule has 6 unspecified atom stereocenters. The number of aliphatic hydroxyl groups is 6. The first kappa shape index (κ1) is 43.2. The van der Waals surface area contributed by atoms with E-state index in [4.69, 9.17) is 9.47 Å². The van der Waals surface area contributed by atoms with Crippen molar-refractivity contribution in [3.8, 4) is 0 Å². The lowest BCUT2D eigenvalue weighted by molar-refractivity contribution is -0.616. The van der Waals surface area contributed by atoms with Crippen molar-refractivity contribution in [1.29, 1.82) is 0 Å². The highest BCUT2D eigenvalue weighted by Gasteiger charge is 3.03. The Morgan fingerprint density at radius 2 is 1.19 bits per heavy atom. The lowest BCUT2D eigenvalue weighted by atomic mass is 8.96. The van der Waals surface area contributed by atoms with Crippen LogP contribution in [0.25, 0.3) is 0 Å². The smallest absolute Gasteiger partial charge is 0.186 e. The summed E-state index contributed by atoms with van der Waals surface area (Å²) in [4.78, 5) is 0. The summed E-state index contributed by atoms with van der Waals surface area (Å²) < 4.78 is 29.5.